The Morgan fingerprint density at radius 1 is 0.909 bits per heavy atom. The van der Waals surface area contributed by atoms with Gasteiger partial charge in [-0.05, 0) is 41.1 Å². The second-order valence-electron chi connectivity index (χ2n) is 7.30. The van der Waals surface area contributed by atoms with E-state index < -0.39 is 10.5 Å². The van der Waals surface area contributed by atoms with Crippen LogP contribution in [0.25, 0.3) is 33.1 Å². The summed E-state index contributed by atoms with van der Waals surface area (Å²) in [4.78, 5) is 40.4. The number of nitro benzene ring substituents is 1. The predicted octanol–water partition coefficient (Wildman–Crippen LogP) is 5.17. The minimum absolute atomic E-state index is 0.0533. The van der Waals surface area contributed by atoms with Crippen LogP contribution in [-0.2, 0) is 0 Å². The molecule has 5 aromatic rings. The van der Waals surface area contributed by atoms with Gasteiger partial charge in [-0.25, -0.2) is 9.78 Å². The van der Waals surface area contributed by atoms with E-state index in [2.05, 4.69) is 10.3 Å². The van der Waals surface area contributed by atoms with Gasteiger partial charge in [0.15, 0.2) is 5.39 Å². The summed E-state index contributed by atoms with van der Waals surface area (Å²) >= 11 is 0. The molecule has 0 aliphatic carbocycles. The first-order valence-corrected chi connectivity index (χ1v) is 9.99. The van der Waals surface area contributed by atoms with E-state index >= 15 is 0 Å². The zero-order valence-corrected chi connectivity index (χ0v) is 17.0. The lowest BCUT2D eigenvalue weighted by Crippen LogP contribution is -2.13. The molecule has 8 nitrogen and oxygen atoms in total. The van der Waals surface area contributed by atoms with Gasteiger partial charge < -0.3 is 9.73 Å². The summed E-state index contributed by atoms with van der Waals surface area (Å²) in [5.41, 5.74) is 0.0996. The molecule has 0 aliphatic rings. The van der Waals surface area contributed by atoms with E-state index in [9.17, 15) is 19.7 Å². The van der Waals surface area contributed by atoms with Gasteiger partial charge in [0.05, 0.1) is 21.7 Å². The Morgan fingerprint density at radius 2 is 1.67 bits per heavy atom. The van der Waals surface area contributed by atoms with Gasteiger partial charge in [-0.1, -0.05) is 48.5 Å². The number of non-ortho nitro benzene ring substituents is 1. The maximum Gasteiger partial charge on any atom is 0.354 e. The van der Waals surface area contributed by atoms with Crippen LogP contribution in [0, 0.1) is 10.1 Å². The Hall–Kier alpha value is -4.85. The van der Waals surface area contributed by atoms with Crippen LogP contribution in [0.3, 0.4) is 0 Å². The Kier molecular flexibility index (Phi) is 4.87. The zero-order chi connectivity index (χ0) is 22.9. The van der Waals surface area contributed by atoms with Gasteiger partial charge in [0.2, 0.25) is 5.89 Å². The number of hydrogen-bond donors (Lipinski definition) is 1. The number of nitrogens with zero attached hydrogens (tertiary/aromatic N) is 2. The Labute approximate surface area is 186 Å². The molecule has 33 heavy (non-hydrogen) atoms. The van der Waals surface area contributed by atoms with Gasteiger partial charge in [0.25, 0.3) is 11.6 Å². The summed E-state index contributed by atoms with van der Waals surface area (Å²) in [6, 6.07) is 24.0. The van der Waals surface area contributed by atoms with E-state index in [-0.39, 0.29) is 28.4 Å². The van der Waals surface area contributed by atoms with Crippen LogP contribution in [0.15, 0.2) is 94.1 Å². The van der Waals surface area contributed by atoms with Gasteiger partial charge in [-0.3, -0.25) is 14.9 Å². The number of fused-ring (bicyclic) bond motifs is 2. The van der Waals surface area contributed by atoms with Crippen molar-refractivity contribution in [2.75, 3.05) is 5.32 Å². The lowest BCUT2D eigenvalue weighted by molar-refractivity contribution is -0.383. The SMILES string of the molecule is O=C(Nc1ccccc1-c1nc2cccc([N+](=O)[O-])c2c(=O)o1)c1ccc2ccccc2c1. The number of benzene rings is 4. The number of anilines is 1. The van der Waals surface area contributed by atoms with Crippen LogP contribution in [0.1, 0.15) is 10.4 Å². The molecule has 5 rings (SSSR count). The van der Waals surface area contributed by atoms with Crippen molar-refractivity contribution in [1.29, 1.82) is 0 Å². The van der Waals surface area contributed by atoms with Crippen molar-refractivity contribution in [2.24, 2.45) is 0 Å². The van der Waals surface area contributed by atoms with Crippen LogP contribution in [0.4, 0.5) is 11.4 Å². The van der Waals surface area contributed by atoms with Crippen molar-refractivity contribution in [3.63, 3.8) is 0 Å². The fraction of sp³-hybridized carbons (Fsp3) is 0. The Balaban J connectivity index is 1.55. The summed E-state index contributed by atoms with van der Waals surface area (Å²) in [7, 11) is 0. The minimum Gasteiger partial charge on any atom is -0.403 e. The van der Waals surface area contributed by atoms with Gasteiger partial charge in [0, 0.05) is 11.6 Å². The Morgan fingerprint density at radius 3 is 2.48 bits per heavy atom. The third-order valence-corrected chi connectivity index (χ3v) is 5.25. The summed E-state index contributed by atoms with van der Waals surface area (Å²) < 4.78 is 5.33. The molecule has 8 heteroatoms. The summed E-state index contributed by atoms with van der Waals surface area (Å²) in [5.74, 6) is -0.394. The number of carbonyl (C=O) groups excluding carboxylic acids is 1. The zero-order valence-electron chi connectivity index (χ0n) is 17.0. The highest BCUT2D eigenvalue weighted by Crippen LogP contribution is 2.29. The quantitative estimate of drug-likeness (QED) is 0.306. The van der Waals surface area contributed by atoms with Crippen molar-refractivity contribution in [3.8, 4) is 11.5 Å². The largest absolute Gasteiger partial charge is 0.403 e. The van der Waals surface area contributed by atoms with Crippen molar-refractivity contribution in [3.05, 3.63) is 111 Å². The van der Waals surface area contributed by atoms with Crippen LogP contribution in [0.5, 0.6) is 0 Å². The average Bonchev–Trinajstić information content (AvgIpc) is 2.83. The molecule has 0 bridgehead atoms. The molecule has 0 fully saturated rings. The number of para-hydroxylation sites is 1. The second kappa shape index (κ2) is 8.01. The first kappa shape index (κ1) is 20.1. The van der Waals surface area contributed by atoms with E-state index in [1.807, 2.05) is 30.3 Å². The van der Waals surface area contributed by atoms with E-state index in [4.69, 9.17) is 4.42 Å². The maximum atomic E-state index is 12.9. The van der Waals surface area contributed by atoms with Crippen molar-refractivity contribution < 1.29 is 14.1 Å². The van der Waals surface area contributed by atoms with Crippen molar-refractivity contribution in [1.82, 2.24) is 4.98 Å². The number of aromatic nitrogens is 1. The van der Waals surface area contributed by atoms with Crippen molar-refractivity contribution in [2.45, 2.75) is 0 Å². The molecule has 0 radical (unpaired) electrons. The number of nitro groups is 1. The smallest absolute Gasteiger partial charge is 0.354 e. The number of hydrogen-bond acceptors (Lipinski definition) is 6. The fourth-order valence-electron chi connectivity index (χ4n) is 3.67. The van der Waals surface area contributed by atoms with E-state index in [0.29, 0.717) is 16.8 Å². The summed E-state index contributed by atoms with van der Waals surface area (Å²) in [6.45, 7) is 0. The van der Waals surface area contributed by atoms with Gasteiger partial charge in [0.1, 0.15) is 0 Å². The molecule has 0 saturated carbocycles. The van der Waals surface area contributed by atoms with E-state index in [1.54, 1.807) is 36.4 Å². The number of rotatable bonds is 4. The fourth-order valence-corrected chi connectivity index (χ4v) is 3.67. The molecule has 1 aromatic heterocycles. The number of carbonyl (C=O) groups is 1. The monoisotopic (exact) mass is 437 g/mol. The molecule has 4 aromatic carbocycles. The van der Waals surface area contributed by atoms with Gasteiger partial charge >= 0.3 is 5.63 Å². The molecular formula is C25H15N3O5. The van der Waals surface area contributed by atoms with Gasteiger partial charge in [-0.2, -0.15) is 0 Å². The topological polar surface area (TPSA) is 115 Å². The van der Waals surface area contributed by atoms with Crippen LogP contribution in [0.2, 0.25) is 0 Å². The molecule has 0 atom stereocenters. The van der Waals surface area contributed by atoms with Crippen LogP contribution in [-0.4, -0.2) is 15.8 Å². The lowest BCUT2D eigenvalue weighted by Gasteiger charge is -2.11. The summed E-state index contributed by atoms with van der Waals surface area (Å²) in [6.07, 6.45) is 0. The molecule has 1 heterocycles. The number of nitrogens with one attached hydrogen (secondary N) is 1. The standard InChI is InChI=1S/C25H15N3O5/c29-23(17-13-12-15-6-1-2-7-16(15)14-17)26-19-9-4-3-8-18(19)24-27-20-10-5-11-21(28(31)32)22(20)25(30)33-24/h1-14H,(H,26,29). The molecule has 1 amide bonds. The van der Waals surface area contributed by atoms with Crippen LogP contribution < -0.4 is 10.9 Å². The molecular weight excluding hydrogens is 422 g/mol. The average molecular weight is 437 g/mol. The highest BCUT2D eigenvalue weighted by atomic mass is 16.6. The lowest BCUT2D eigenvalue weighted by atomic mass is 10.1. The van der Waals surface area contributed by atoms with Gasteiger partial charge in [-0.15, -0.1) is 0 Å². The van der Waals surface area contributed by atoms with E-state index in [0.717, 1.165) is 10.8 Å². The predicted molar refractivity (Wildman–Crippen MR) is 124 cm³/mol. The second-order valence-corrected chi connectivity index (χ2v) is 7.30. The van der Waals surface area contributed by atoms with Crippen molar-refractivity contribution >= 4 is 39.0 Å². The minimum atomic E-state index is -0.877. The molecule has 160 valence electrons. The molecule has 0 saturated heterocycles. The molecule has 0 aliphatic heterocycles. The third-order valence-electron chi connectivity index (χ3n) is 5.25. The third kappa shape index (κ3) is 3.70. The number of amides is 1. The molecule has 0 unspecified atom stereocenters. The normalized spacial score (nSPS) is 10.9. The highest BCUT2D eigenvalue weighted by molar-refractivity contribution is 6.08. The first-order valence-electron chi connectivity index (χ1n) is 9.99. The molecule has 0 spiro atoms. The maximum absolute atomic E-state index is 12.9. The highest BCUT2D eigenvalue weighted by Gasteiger charge is 2.20. The summed E-state index contributed by atoms with van der Waals surface area (Å²) in [5, 5.41) is 15.8. The van der Waals surface area contributed by atoms with E-state index in [1.165, 1.54) is 18.2 Å². The Bertz CT molecular complexity index is 1620. The molecule has 1 N–H and O–H groups in total. The first-order chi connectivity index (χ1) is 16.0. The van der Waals surface area contributed by atoms with Crippen LogP contribution >= 0.6 is 0 Å².